The Kier molecular flexibility index (Phi) is 12.2. The minimum atomic E-state index is -1.14. The van der Waals surface area contributed by atoms with Crippen LogP contribution in [-0.4, -0.2) is 43.4 Å². The van der Waals surface area contributed by atoms with Crippen LogP contribution < -0.4 is 19.7 Å². The van der Waals surface area contributed by atoms with Crippen LogP contribution >= 0.6 is 35.3 Å². The second-order valence-electron chi connectivity index (χ2n) is 15.3. The van der Waals surface area contributed by atoms with Gasteiger partial charge in [0.25, 0.3) is 11.5 Å². The summed E-state index contributed by atoms with van der Waals surface area (Å²) in [7, 11) is 0. The second-order valence-corrected chi connectivity index (χ2v) is 18.0. The number of anilines is 2. The summed E-state index contributed by atoms with van der Waals surface area (Å²) in [6.07, 6.45) is 14.0. The molecule has 1 saturated heterocycles. The van der Waals surface area contributed by atoms with E-state index in [2.05, 4.69) is 103 Å². The molecule has 0 spiro atoms. The lowest BCUT2D eigenvalue weighted by atomic mass is 9.95. The molecule has 0 bridgehead atoms. The first-order valence-electron chi connectivity index (χ1n) is 20.4. The number of fused-ring (bicyclic) bond motifs is 3. The number of nitrogens with zero attached hydrogens (tertiary/aromatic N) is 3. The summed E-state index contributed by atoms with van der Waals surface area (Å²) < 4.78 is 2.41. The van der Waals surface area contributed by atoms with Crippen molar-refractivity contribution >= 4 is 85.5 Å². The molecule has 3 heterocycles. The van der Waals surface area contributed by atoms with Crippen molar-refractivity contribution in [2.75, 3.05) is 11.4 Å². The monoisotopic (exact) mass is 825 g/mol. The van der Waals surface area contributed by atoms with Crippen LogP contribution in [0.5, 0.6) is 0 Å². The van der Waals surface area contributed by atoms with Crippen LogP contribution in [0.3, 0.4) is 0 Å². The Balaban J connectivity index is 1.09. The summed E-state index contributed by atoms with van der Waals surface area (Å²) in [5, 5.41) is 9.78. The predicted molar refractivity (Wildman–Crippen MR) is 243 cm³/mol. The van der Waals surface area contributed by atoms with Crippen molar-refractivity contribution in [1.29, 1.82) is 0 Å². The summed E-state index contributed by atoms with van der Waals surface area (Å²) >= 11 is 7.94. The number of hydrogen-bond donors (Lipinski definition) is 1. The van der Waals surface area contributed by atoms with Crippen molar-refractivity contribution in [3.63, 3.8) is 0 Å². The number of thiocarbonyl (C=S) groups is 1. The normalized spacial score (nSPS) is 18.5. The molecule has 2 fully saturated rings. The number of carbonyl (C=O) groups is 2. The number of thioether (sulfide) groups is 1. The van der Waals surface area contributed by atoms with E-state index in [0.29, 0.717) is 36.9 Å². The van der Waals surface area contributed by atoms with E-state index in [0.717, 1.165) is 67.1 Å². The van der Waals surface area contributed by atoms with Crippen LogP contribution in [0.2, 0.25) is 0 Å². The van der Waals surface area contributed by atoms with Gasteiger partial charge in [0.2, 0.25) is 0 Å². The van der Waals surface area contributed by atoms with Crippen LogP contribution in [0.15, 0.2) is 108 Å². The molecule has 7 nitrogen and oxygen atoms in total. The number of rotatable bonds is 14. The zero-order chi connectivity index (χ0) is 40.2. The van der Waals surface area contributed by atoms with E-state index in [4.69, 9.17) is 12.2 Å². The van der Waals surface area contributed by atoms with Crippen LogP contribution in [0.1, 0.15) is 98.4 Å². The van der Waals surface area contributed by atoms with Gasteiger partial charge in [-0.25, -0.2) is 0 Å². The van der Waals surface area contributed by atoms with E-state index in [9.17, 15) is 19.5 Å². The molecule has 2 unspecified atom stereocenters. The molecule has 58 heavy (non-hydrogen) atoms. The zero-order valence-electron chi connectivity index (χ0n) is 32.6. The fraction of sp³-hybridized carbons (Fsp3) is 0.292. The standard InChI is InChI=1S/C48H47N3O4S3/c1-2-3-4-5-6-13-27-49-46(55)44(58-48(49)56)47-50(31-43(52)53)45(54)42(57-47)30-33-23-26-41-39(29-33)37-19-14-20-40(37)51(41)36-24-21-32(22-25-36)28-38(34-15-9-7-10-16-34)35-17-11-8-12-18-35/h7-12,15-18,21-26,28-30,37,40H,2-6,13-14,19-20,27,31H2,1H3,(H,52,53)/b42-30-,47-44-. The van der Waals surface area contributed by atoms with Crippen molar-refractivity contribution in [2.24, 2.45) is 0 Å². The van der Waals surface area contributed by atoms with Gasteiger partial charge in [0, 0.05) is 29.9 Å². The molecule has 10 heteroatoms. The summed E-state index contributed by atoms with van der Waals surface area (Å²) in [5.74, 6) is -1.02. The van der Waals surface area contributed by atoms with Gasteiger partial charge in [-0.3, -0.25) is 23.9 Å². The van der Waals surface area contributed by atoms with Gasteiger partial charge in [-0.1, -0.05) is 148 Å². The topological polar surface area (TPSA) is 82.9 Å². The Morgan fingerprint density at radius 2 is 1.52 bits per heavy atom. The third-order valence-electron chi connectivity index (χ3n) is 11.5. The summed E-state index contributed by atoms with van der Waals surface area (Å²) in [5.41, 5.74) is 8.72. The Hall–Kier alpha value is -5.03. The maximum absolute atomic E-state index is 13.8. The zero-order valence-corrected chi connectivity index (χ0v) is 35.1. The Bertz CT molecular complexity index is 2500. The van der Waals surface area contributed by atoms with E-state index in [-0.39, 0.29) is 5.91 Å². The third kappa shape index (κ3) is 8.28. The summed E-state index contributed by atoms with van der Waals surface area (Å²) in [6, 6.07) is 36.6. The molecular formula is C48H47N3O4S3. The van der Waals surface area contributed by atoms with Gasteiger partial charge in [-0.2, -0.15) is 0 Å². The fourth-order valence-electron chi connectivity index (χ4n) is 8.66. The van der Waals surface area contributed by atoms with Gasteiger partial charge >= 0.3 is 5.97 Å². The maximum atomic E-state index is 13.8. The fourth-order valence-corrected chi connectivity index (χ4v) is 11.2. The highest BCUT2D eigenvalue weighted by molar-refractivity contribution is 8.30. The van der Waals surface area contributed by atoms with Gasteiger partial charge in [-0.15, -0.1) is 11.3 Å². The predicted octanol–water partition coefficient (Wildman–Crippen LogP) is 9.53. The minimum absolute atomic E-state index is 0.253. The number of carboxylic acids is 1. The lowest BCUT2D eigenvalue weighted by Crippen LogP contribution is -2.35. The quantitative estimate of drug-likeness (QED) is 0.0679. The number of aromatic nitrogens is 1. The Morgan fingerprint density at radius 3 is 2.21 bits per heavy atom. The van der Waals surface area contributed by atoms with Crippen molar-refractivity contribution in [3.05, 3.63) is 150 Å². The first-order chi connectivity index (χ1) is 28.3. The van der Waals surface area contributed by atoms with E-state index in [1.54, 1.807) is 4.90 Å². The number of carboxylic acid groups (broad SMARTS) is 1. The van der Waals surface area contributed by atoms with Crippen LogP contribution in [-0.2, 0) is 16.1 Å². The van der Waals surface area contributed by atoms with Gasteiger partial charge < -0.3 is 10.0 Å². The average molecular weight is 826 g/mol. The maximum Gasteiger partial charge on any atom is 0.323 e. The molecule has 1 amide bonds. The number of unbranched alkanes of at least 4 members (excludes halogenated alkanes) is 5. The molecule has 1 aliphatic carbocycles. The molecule has 1 aromatic heterocycles. The highest BCUT2D eigenvalue weighted by Gasteiger charge is 2.42. The highest BCUT2D eigenvalue weighted by Crippen LogP contribution is 2.52. The van der Waals surface area contributed by atoms with E-state index in [1.807, 2.05) is 24.3 Å². The molecule has 0 radical (unpaired) electrons. The Morgan fingerprint density at radius 1 is 0.845 bits per heavy atom. The number of carbonyl (C=O) groups excluding carboxylic acids is 1. The SMILES string of the molecule is CCCCCCCCN1C(=O)/C(=c2/s/c(=C\c3ccc4c(c3)C3CCCC3N4c3ccc(C=C(c4ccccc4)c4ccccc4)cc3)c(=O)n2CC(=O)O)SC1=S. The lowest BCUT2D eigenvalue weighted by molar-refractivity contribution is -0.137. The van der Waals surface area contributed by atoms with Gasteiger partial charge in [0.05, 0.1) is 4.53 Å². The molecule has 296 valence electrons. The molecule has 5 aromatic rings. The Labute approximate surface area is 353 Å². The van der Waals surface area contributed by atoms with Crippen molar-refractivity contribution in [2.45, 2.75) is 83.2 Å². The number of amides is 1. The molecule has 1 saturated carbocycles. The van der Waals surface area contributed by atoms with Gasteiger partial charge in [0.15, 0.2) is 0 Å². The molecule has 1 N–H and O–H groups in total. The van der Waals surface area contributed by atoms with Crippen molar-refractivity contribution in [3.8, 4) is 0 Å². The molecular weight excluding hydrogens is 779 g/mol. The van der Waals surface area contributed by atoms with Crippen molar-refractivity contribution in [1.82, 2.24) is 9.47 Å². The summed E-state index contributed by atoms with van der Waals surface area (Å²) in [6.45, 7) is 2.18. The number of hydrogen-bond acceptors (Lipinski definition) is 7. The third-order valence-corrected chi connectivity index (χ3v) is 14.1. The van der Waals surface area contributed by atoms with E-state index < -0.39 is 18.1 Å². The minimum Gasteiger partial charge on any atom is -0.480 e. The number of thiazole rings is 1. The second kappa shape index (κ2) is 17.9. The molecule has 8 rings (SSSR count). The smallest absolute Gasteiger partial charge is 0.323 e. The molecule has 3 aliphatic rings. The van der Waals surface area contributed by atoms with Gasteiger partial charge in [-0.05, 0) is 89.1 Å². The number of benzene rings is 4. The highest BCUT2D eigenvalue weighted by atomic mass is 32.2. The number of aliphatic carboxylic acids is 1. The van der Waals surface area contributed by atoms with Gasteiger partial charge in [0.1, 0.15) is 20.4 Å². The first kappa shape index (κ1) is 39.8. The average Bonchev–Trinajstić information content (AvgIpc) is 3.98. The van der Waals surface area contributed by atoms with E-state index in [1.165, 1.54) is 63.1 Å². The van der Waals surface area contributed by atoms with Crippen LogP contribution in [0.4, 0.5) is 11.4 Å². The van der Waals surface area contributed by atoms with Crippen LogP contribution in [0.25, 0.3) is 22.6 Å². The van der Waals surface area contributed by atoms with E-state index >= 15 is 0 Å². The van der Waals surface area contributed by atoms with Crippen molar-refractivity contribution < 1.29 is 14.7 Å². The van der Waals surface area contributed by atoms with Crippen LogP contribution in [0, 0.1) is 0 Å². The summed E-state index contributed by atoms with van der Waals surface area (Å²) in [4.78, 5) is 43.9. The molecule has 2 atom stereocenters. The molecule has 4 aromatic carbocycles. The first-order valence-corrected chi connectivity index (χ1v) is 22.4. The lowest BCUT2D eigenvalue weighted by Gasteiger charge is -2.27. The largest absolute Gasteiger partial charge is 0.480 e. The molecule has 2 aliphatic heterocycles.